The number of hydrogen-bond donors (Lipinski definition) is 1. The van der Waals surface area contributed by atoms with Gasteiger partial charge in [0.25, 0.3) is 0 Å². The van der Waals surface area contributed by atoms with Gasteiger partial charge in [-0.05, 0) is 18.4 Å². The van der Waals surface area contributed by atoms with Crippen LogP contribution in [-0.2, 0) is 0 Å². The Bertz CT molecular complexity index is 294. The SMILES string of the molecule is C[C@H](c1sccc1Cl)N1CCNCC1. The maximum atomic E-state index is 6.12. The topological polar surface area (TPSA) is 15.3 Å². The van der Waals surface area contributed by atoms with Crippen LogP contribution < -0.4 is 5.32 Å². The van der Waals surface area contributed by atoms with Crippen molar-refractivity contribution in [1.29, 1.82) is 0 Å². The molecule has 2 nitrogen and oxygen atoms in total. The van der Waals surface area contributed by atoms with E-state index in [9.17, 15) is 0 Å². The van der Waals surface area contributed by atoms with Gasteiger partial charge in [-0.1, -0.05) is 11.6 Å². The van der Waals surface area contributed by atoms with Gasteiger partial charge in [0.2, 0.25) is 0 Å². The van der Waals surface area contributed by atoms with Crippen LogP contribution in [0.4, 0.5) is 0 Å². The molecule has 1 N–H and O–H groups in total. The lowest BCUT2D eigenvalue weighted by molar-refractivity contribution is 0.188. The highest BCUT2D eigenvalue weighted by atomic mass is 35.5. The largest absolute Gasteiger partial charge is 0.314 e. The summed E-state index contributed by atoms with van der Waals surface area (Å²) in [5.41, 5.74) is 0. The zero-order chi connectivity index (χ0) is 9.97. The zero-order valence-electron chi connectivity index (χ0n) is 8.29. The van der Waals surface area contributed by atoms with Crippen molar-refractivity contribution in [3.8, 4) is 0 Å². The van der Waals surface area contributed by atoms with Gasteiger partial charge in [-0.2, -0.15) is 0 Å². The van der Waals surface area contributed by atoms with Crippen LogP contribution in [0.5, 0.6) is 0 Å². The summed E-state index contributed by atoms with van der Waals surface area (Å²) in [6, 6.07) is 2.45. The molecule has 2 rings (SSSR count). The fourth-order valence-corrected chi connectivity index (χ4v) is 3.15. The van der Waals surface area contributed by atoms with Crippen LogP contribution in [0.15, 0.2) is 11.4 Å². The van der Waals surface area contributed by atoms with Crippen LogP contribution in [0, 0.1) is 0 Å². The average Bonchev–Trinajstić information content (AvgIpc) is 2.65. The maximum Gasteiger partial charge on any atom is 0.0561 e. The zero-order valence-corrected chi connectivity index (χ0v) is 9.87. The van der Waals surface area contributed by atoms with E-state index in [2.05, 4.69) is 22.5 Å². The van der Waals surface area contributed by atoms with E-state index in [4.69, 9.17) is 11.6 Å². The average molecular weight is 231 g/mol. The first-order chi connectivity index (χ1) is 6.79. The number of piperazine rings is 1. The van der Waals surface area contributed by atoms with Crippen molar-refractivity contribution in [3.05, 3.63) is 21.3 Å². The first-order valence-electron chi connectivity index (χ1n) is 4.96. The molecule has 1 fully saturated rings. The number of nitrogens with zero attached hydrogens (tertiary/aromatic N) is 1. The van der Waals surface area contributed by atoms with Gasteiger partial charge in [-0.15, -0.1) is 11.3 Å². The molecule has 4 heteroatoms. The van der Waals surface area contributed by atoms with Crippen LogP contribution in [0.3, 0.4) is 0 Å². The molecule has 0 spiro atoms. The predicted molar refractivity (Wildman–Crippen MR) is 62.2 cm³/mol. The van der Waals surface area contributed by atoms with Crippen LogP contribution in [0.25, 0.3) is 0 Å². The highest BCUT2D eigenvalue weighted by molar-refractivity contribution is 7.10. The molecule has 0 saturated carbocycles. The molecular weight excluding hydrogens is 216 g/mol. The van der Waals surface area contributed by atoms with E-state index >= 15 is 0 Å². The van der Waals surface area contributed by atoms with Crippen molar-refractivity contribution in [3.63, 3.8) is 0 Å². The minimum Gasteiger partial charge on any atom is -0.314 e. The van der Waals surface area contributed by atoms with Gasteiger partial charge in [-0.25, -0.2) is 0 Å². The summed E-state index contributed by atoms with van der Waals surface area (Å²) >= 11 is 7.88. The molecule has 78 valence electrons. The second-order valence-electron chi connectivity index (χ2n) is 3.59. The van der Waals surface area contributed by atoms with E-state index < -0.39 is 0 Å². The van der Waals surface area contributed by atoms with Gasteiger partial charge in [-0.3, -0.25) is 4.90 Å². The monoisotopic (exact) mass is 230 g/mol. The number of hydrogen-bond acceptors (Lipinski definition) is 3. The first kappa shape index (κ1) is 10.4. The fraction of sp³-hybridized carbons (Fsp3) is 0.600. The third-order valence-corrected chi connectivity index (χ3v) is 4.25. The van der Waals surface area contributed by atoms with Gasteiger partial charge >= 0.3 is 0 Å². The Morgan fingerprint density at radius 1 is 1.50 bits per heavy atom. The van der Waals surface area contributed by atoms with E-state index in [1.807, 2.05) is 6.07 Å². The van der Waals surface area contributed by atoms with E-state index in [-0.39, 0.29) is 0 Å². The minimum absolute atomic E-state index is 0.463. The van der Waals surface area contributed by atoms with Crippen LogP contribution in [0.2, 0.25) is 5.02 Å². The number of nitrogens with one attached hydrogen (secondary N) is 1. The van der Waals surface area contributed by atoms with Gasteiger partial charge < -0.3 is 5.32 Å². The first-order valence-corrected chi connectivity index (χ1v) is 6.22. The molecule has 1 atom stereocenters. The molecular formula is C10H15ClN2S. The fourth-order valence-electron chi connectivity index (χ4n) is 1.84. The van der Waals surface area contributed by atoms with Gasteiger partial charge in [0.15, 0.2) is 0 Å². The molecule has 0 aliphatic carbocycles. The molecule has 2 heterocycles. The lowest BCUT2D eigenvalue weighted by Gasteiger charge is -2.32. The summed E-state index contributed by atoms with van der Waals surface area (Å²) in [4.78, 5) is 3.78. The summed E-state index contributed by atoms with van der Waals surface area (Å²) in [6.45, 7) is 6.66. The highest BCUT2D eigenvalue weighted by Gasteiger charge is 2.20. The number of halogens is 1. The highest BCUT2D eigenvalue weighted by Crippen LogP contribution is 2.31. The third kappa shape index (κ3) is 2.11. The van der Waals surface area contributed by atoms with Crippen molar-refractivity contribution < 1.29 is 0 Å². The number of thiophene rings is 1. The van der Waals surface area contributed by atoms with Crippen LogP contribution >= 0.6 is 22.9 Å². The number of rotatable bonds is 2. The summed E-state index contributed by atoms with van der Waals surface area (Å²) in [7, 11) is 0. The molecule has 1 aromatic rings. The normalized spacial score (nSPS) is 21.0. The van der Waals surface area contributed by atoms with Crippen molar-refractivity contribution in [2.45, 2.75) is 13.0 Å². The Morgan fingerprint density at radius 3 is 2.79 bits per heavy atom. The molecule has 0 radical (unpaired) electrons. The Labute approximate surface area is 93.9 Å². The molecule has 0 bridgehead atoms. The van der Waals surface area contributed by atoms with E-state index in [0.717, 1.165) is 31.2 Å². The van der Waals surface area contributed by atoms with Crippen molar-refractivity contribution >= 4 is 22.9 Å². The minimum atomic E-state index is 0.463. The molecule has 14 heavy (non-hydrogen) atoms. The predicted octanol–water partition coefficient (Wildman–Crippen LogP) is 2.37. The van der Waals surface area contributed by atoms with Crippen LogP contribution in [-0.4, -0.2) is 31.1 Å². The Kier molecular flexibility index (Phi) is 3.44. The second-order valence-corrected chi connectivity index (χ2v) is 4.95. The van der Waals surface area contributed by atoms with Gasteiger partial charge in [0.1, 0.15) is 0 Å². The second kappa shape index (κ2) is 4.62. The van der Waals surface area contributed by atoms with E-state index in [1.165, 1.54) is 4.88 Å². The Balaban J connectivity index is 2.07. The van der Waals surface area contributed by atoms with Crippen molar-refractivity contribution in [2.24, 2.45) is 0 Å². The van der Waals surface area contributed by atoms with Crippen LogP contribution in [0.1, 0.15) is 17.8 Å². The lowest BCUT2D eigenvalue weighted by atomic mass is 10.2. The Morgan fingerprint density at radius 2 is 2.21 bits per heavy atom. The van der Waals surface area contributed by atoms with Crippen molar-refractivity contribution in [1.82, 2.24) is 10.2 Å². The van der Waals surface area contributed by atoms with Gasteiger partial charge in [0.05, 0.1) is 5.02 Å². The molecule has 0 amide bonds. The molecule has 1 aliphatic heterocycles. The summed E-state index contributed by atoms with van der Waals surface area (Å²) in [5.74, 6) is 0. The molecule has 1 aromatic heterocycles. The summed E-state index contributed by atoms with van der Waals surface area (Å²) in [6.07, 6.45) is 0. The smallest absolute Gasteiger partial charge is 0.0561 e. The van der Waals surface area contributed by atoms with E-state index in [0.29, 0.717) is 6.04 Å². The van der Waals surface area contributed by atoms with Crippen molar-refractivity contribution in [2.75, 3.05) is 26.2 Å². The Hall–Kier alpha value is -0.0900. The standard InChI is InChI=1S/C10H15ClN2S/c1-8(10-9(11)2-7-14-10)13-5-3-12-4-6-13/h2,7-8,12H,3-6H2,1H3/t8-/m1/s1. The lowest BCUT2D eigenvalue weighted by Crippen LogP contribution is -2.44. The molecule has 0 unspecified atom stereocenters. The molecule has 0 aromatic carbocycles. The summed E-state index contributed by atoms with van der Waals surface area (Å²) in [5, 5.41) is 6.34. The molecule has 1 aliphatic rings. The van der Waals surface area contributed by atoms with E-state index in [1.54, 1.807) is 11.3 Å². The summed E-state index contributed by atoms with van der Waals surface area (Å²) < 4.78 is 0. The van der Waals surface area contributed by atoms with Gasteiger partial charge in [0, 0.05) is 37.1 Å². The quantitative estimate of drug-likeness (QED) is 0.839. The molecule has 1 saturated heterocycles. The third-order valence-electron chi connectivity index (χ3n) is 2.72. The maximum absolute atomic E-state index is 6.12.